The minimum atomic E-state index is -0.581. The fourth-order valence-corrected chi connectivity index (χ4v) is 4.76. The molecule has 0 radical (unpaired) electrons. The molecule has 4 rings (SSSR count). The Labute approximate surface area is 199 Å². The molecule has 184 valence electrons. The number of aromatic nitrogens is 3. The van der Waals surface area contributed by atoms with Gasteiger partial charge < -0.3 is 24.8 Å². The number of rotatable bonds is 8. The number of nitrogens with zero attached hydrogens (tertiary/aromatic N) is 4. The maximum absolute atomic E-state index is 12.5. The Bertz CT molecular complexity index is 964. The topological polar surface area (TPSA) is 122 Å². The van der Waals surface area contributed by atoms with E-state index in [-0.39, 0.29) is 18.2 Å². The highest BCUT2D eigenvalue weighted by atomic mass is 16.5. The number of aryl methyl sites for hydroxylation is 1. The summed E-state index contributed by atoms with van der Waals surface area (Å²) in [7, 11) is 0. The van der Waals surface area contributed by atoms with E-state index < -0.39 is 5.54 Å². The Hall–Kier alpha value is -3.01. The maximum atomic E-state index is 12.5. The zero-order chi connectivity index (χ0) is 23.8. The van der Waals surface area contributed by atoms with Crippen LogP contribution in [0.25, 0.3) is 0 Å². The summed E-state index contributed by atoms with van der Waals surface area (Å²) in [6.07, 6.45) is 8.23. The predicted octanol–water partition coefficient (Wildman–Crippen LogP) is 2.24. The highest BCUT2D eigenvalue weighted by molar-refractivity contribution is 5.76. The number of ether oxygens (including phenoxy) is 1. The molecule has 10 nitrogen and oxygen atoms in total. The zero-order valence-corrected chi connectivity index (χ0v) is 19.8. The van der Waals surface area contributed by atoms with Crippen LogP contribution in [0.5, 0.6) is 0 Å². The fraction of sp³-hybridized carbons (Fsp3) is 0.625. The first kappa shape index (κ1) is 24.1. The lowest BCUT2D eigenvalue weighted by Crippen LogP contribution is -2.45. The molecule has 2 amide bonds. The van der Waals surface area contributed by atoms with E-state index in [1.54, 1.807) is 6.20 Å². The summed E-state index contributed by atoms with van der Waals surface area (Å²) in [6, 6.07) is 3.86. The number of carbonyl (C=O) groups excluding carboxylic acids is 2. The van der Waals surface area contributed by atoms with Crippen LogP contribution >= 0.6 is 0 Å². The molecule has 3 heterocycles. The second kappa shape index (κ2) is 11.4. The molecule has 2 aromatic heterocycles. The number of hydrogen-bond acceptors (Lipinski definition) is 8. The van der Waals surface area contributed by atoms with Gasteiger partial charge in [-0.15, -0.1) is 0 Å². The number of nitrogens with one attached hydrogen (secondary N) is 2. The molecular weight excluding hydrogens is 436 g/mol. The van der Waals surface area contributed by atoms with Crippen molar-refractivity contribution in [3.8, 4) is 0 Å². The number of carbonyl (C=O) groups is 2. The first-order valence-corrected chi connectivity index (χ1v) is 12.2. The predicted molar refractivity (Wildman–Crippen MR) is 125 cm³/mol. The number of morpholine rings is 1. The van der Waals surface area contributed by atoms with Crippen molar-refractivity contribution in [3.05, 3.63) is 35.6 Å². The second-order valence-corrected chi connectivity index (χ2v) is 9.05. The Kier molecular flexibility index (Phi) is 8.10. The normalized spacial score (nSPS) is 18.2. The molecular formula is C24H34N6O4. The Morgan fingerprint density at radius 1 is 1.15 bits per heavy atom. The summed E-state index contributed by atoms with van der Waals surface area (Å²) in [5.41, 5.74) is 0.395. The quantitative estimate of drug-likeness (QED) is 0.563. The van der Waals surface area contributed by atoms with Crippen molar-refractivity contribution in [2.24, 2.45) is 0 Å². The molecule has 0 unspecified atom stereocenters. The van der Waals surface area contributed by atoms with E-state index in [4.69, 9.17) is 9.26 Å². The van der Waals surface area contributed by atoms with Gasteiger partial charge in [-0.05, 0) is 18.9 Å². The van der Waals surface area contributed by atoms with Gasteiger partial charge in [-0.1, -0.05) is 36.9 Å². The van der Waals surface area contributed by atoms with Gasteiger partial charge in [0.1, 0.15) is 11.4 Å². The van der Waals surface area contributed by atoms with Gasteiger partial charge in [-0.2, -0.15) is 4.98 Å². The molecule has 1 saturated carbocycles. The van der Waals surface area contributed by atoms with Gasteiger partial charge in [0.2, 0.25) is 17.7 Å². The molecule has 2 N–H and O–H groups in total. The smallest absolute Gasteiger partial charge is 0.227 e. The van der Waals surface area contributed by atoms with Crippen molar-refractivity contribution in [1.29, 1.82) is 0 Å². The van der Waals surface area contributed by atoms with Crippen LogP contribution in [-0.2, 0) is 32.8 Å². The lowest BCUT2D eigenvalue weighted by molar-refractivity contribution is -0.122. The molecule has 2 fully saturated rings. The molecule has 10 heteroatoms. The standard InChI is InChI=1S/C24H34N6O4/c1-18(31)28-24(10-4-2-3-5-11-24)23-27-21(34-29-23)9-8-20(32)26-17-19-7-6-12-25-22(19)30-13-15-33-16-14-30/h6-7,12H,2-5,8-11,13-17H2,1H3,(H,26,32)(H,28,31). The van der Waals surface area contributed by atoms with E-state index in [0.29, 0.717) is 37.9 Å². The van der Waals surface area contributed by atoms with Crippen LogP contribution < -0.4 is 15.5 Å². The lowest BCUT2D eigenvalue weighted by atomic mass is 9.89. The minimum Gasteiger partial charge on any atom is -0.378 e. The molecule has 1 saturated heterocycles. The SMILES string of the molecule is CC(=O)NC1(c2noc(CCC(=O)NCc3cccnc3N3CCOCC3)n2)CCCCCC1. The highest BCUT2D eigenvalue weighted by Gasteiger charge is 2.38. The zero-order valence-electron chi connectivity index (χ0n) is 19.8. The molecule has 1 aliphatic heterocycles. The van der Waals surface area contributed by atoms with Crippen LogP contribution in [0.15, 0.2) is 22.9 Å². The van der Waals surface area contributed by atoms with Gasteiger partial charge in [-0.3, -0.25) is 9.59 Å². The Morgan fingerprint density at radius 2 is 1.91 bits per heavy atom. The molecule has 0 spiro atoms. The Balaban J connectivity index is 1.32. The number of amides is 2. The summed E-state index contributed by atoms with van der Waals surface area (Å²) >= 11 is 0. The first-order valence-electron chi connectivity index (χ1n) is 12.2. The van der Waals surface area contributed by atoms with E-state index in [2.05, 4.69) is 30.7 Å². The molecule has 0 bridgehead atoms. The third-order valence-corrected chi connectivity index (χ3v) is 6.49. The molecule has 0 aromatic carbocycles. The van der Waals surface area contributed by atoms with Gasteiger partial charge >= 0.3 is 0 Å². The van der Waals surface area contributed by atoms with Crippen LogP contribution in [0.3, 0.4) is 0 Å². The van der Waals surface area contributed by atoms with Crippen LogP contribution in [0, 0.1) is 0 Å². The molecule has 2 aromatic rings. The van der Waals surface area contributed by atoms with Crippen molar-refractivity contribution >= 4 is 17.6 Å². The van der Waals surface area contributed by atoms with Gasteiger partial charge in [0.15, 0.2) is 5.82 Å². The van der Waals surface area contributed by atoms with Gasteiger partial charge in [0, 0.05) is 51.2 Å². The number of pyridine rings is 1. The maximum Gasteiger partial charge on any atom is 0.227 e. The van der Waals surface area contributed by atoms with E-state index in [1.807, 2.05) is 12.1 Å². The summed E-state index contributed by atoms with van der Waals surface area (Å²) < 4.78 is 10.9. The van der Waals surface area contributed by atoms with Crippen LogP contribution in [-0.4, -0.2) is 53.2 Å². The van der Waals surface area contributed by atoms with E-state index in [0.717, 1.165) is 63.0 Å². The van der Waals surface area contributed by atoms with Crippen LogP contribution in [0.2, 0.25) is 0 Å². The summed E-state index contributed by atoms with van der Waals surface area (Å²) in [6.45, 7) is 4.86. The lowest BCUT2D eigenvalue weighted by Gasteiger charge is -2.30. The van der Waals surface area contributed by atoms with Gasteiger partial charge in [-0.25, -0.2) is 4.98 Å². The van der Waals surface area contributed by atoms with Crippen molar-refractivity contribution in [2.45, 2.75) is 70.4 Å². The van der Waals surface area contributed by atoms with Crippen molar-refractivity contribution in [2.75, 3.05) is 31.2 Å². The van der Waals surface area contributed by atoms with Gasteiger partial charge in [0.05, 0.1) is 13.2 Å². The highest BCUT2D eigenvalue weighted by Crippen LogP contribution is 2.34. The first-order chi connectivity index (χ1) is 16.6. The van der Waals surface area contributed by atoms with Crippen molar-refractivity contribution in [1.82, 2.24) is 25.8 Å². The van der Waals surface area contributed by atoms with Crippen LogP contribution in [0.1, 0.15) is 69.1 Å². The third-order valence-electron chi connectivity index (χ3n) is 6.49. The average molecular weight is 471 g/mol. The fourth-order valence-electron chi connectivity index (χ4n) is 4.76. The largest absolute Gasteiger partial charge is 0.378 e. The third kappa shape index (κ3) is 6.11. The van der Waals surface area contributed by atoms with Crippen LogP contribution in [0.4, 0.5) is 5.82 Å². The molecule has 34 heavy (non-hydrogen) atoms. The monoisotopic (exact) mass is 470 g/mol. The van der Waals surface area contributed by atoms with Gasteiger partial charge in [0.25, 0.3) is 0 Å². The molecule has 1 aliphatic carbocycles. The second-order valence-electron chi connectivity index (χ2n) is 9.05. The average Bonchev–Trinajstić information content (AvgIpc) is 3.22. The summed E-state index contributed by atoms with van der Waals surface area (Å²) in [5, 5.41) is 10.2. The summed E-state index contributed by atoms with van der Waals surface area (Å²) in [5.74, 6) is 1.63. The minimum absolute atomic E-state index is 0.0948. The van der Waals surface area contributed by atoms with Crippen molar-refractivity contribution in [3.63, 3.8) is 0 Å². The van der Waals surface area contributed by atoms with E-state index in [1.165, 1.54) is 6.92 Å². The number of hydrogen-bond donors (Lipinski definition) is 2. The number of anilines is 1. The van der Waals surface area contributed by atoms with E-state index in [9.17, 15) is 9.59 Å². The van der Waals surface area contributed by atoms with E-state index >= 15 is 0 Å². The molecule has 2 aliphatic rings. The summed E-state index contributed by atoms with van der Waals surface area (Å²) in [4.78, 5) is 35.7. The molecule has 0 atom stereocenters. The Morgan fingerprint density at radius 3 is 2.65 bits per heavy atom. The van der Waals surface area contributed by atoms with Crippen molar-refractivity contribution < 1.29 is 18.8 Å².